The van der Waals surface area contributed by atoms with E-state index in [0.29, 0.717) is 11.6 Å². The fourth-order valence-electron chi connectivity index (χ4n) is 2.20. The summed E-state index contributed by atoms with van der Waals surface area (Å²) in [4.78, 5) is 11.7. The second-order valence-electron chi connectivity index (χ2n) is 5.17. The van der Waals surface area contributed by atoms with Gasteiger partial charge in [-0.05, 0) is 35.7 Å². The topological polar surface area (TPSA) is 29.1 Å². The number of hydrogen-bond donors (Lipinski definition) is 1. The van der Waals surface area contributed by atoms with E-state index in [1.807, 2.05) is 0 Å². The lowest BCUT2D eigenvalue weighted by Crippen LogP contribution is -2.25. The van der Waals surface area contributed by atoms with Crippen molar-refractivity contribution in [1.29, 1.82) is 0 Å². The van der Waals surface area contributed by atoms with Crippen molar-refractivity contribution in [2.24, 2.45) is 0 Å². The fraction of sp³-hybridized carbons (Fsp3) is 0.235. The molecule has 1 N–H and O–H groups in total. The van der Waals surface area contributed by atoms with Crippen LogP contribution >= 0.6 is 0 Å². The predicted molar refractivity (Wildman–Crippen MR) is 78.0 cm³/mol. The van der Waals surface area contributed by atoms with E-state index in [9.17, 15) is 26.7 Å². The molecule has 0 aliphatic heterocycles. The van der Waals surface area contributed by atoms with E-state index < -0.39 is 29.3 Å². The van der Waals surface area contributed by atoms with Crippen molar-refractivity contribution in [3.05, 3.63) is 70.8 Å². The Balaban J connectivity index is 1.96. The highest BCUT2D eigenvalue weighted by Crippen LogP contribution is 2.32. The minimum Gasteiger partial charge on any atom is -0.352 e. The van der Waals surface area contributed by atoms with Crippen LogP contribution in [0.1, 0.15) is 23.1 Å². The largest absolute Gasteiger partial charge is 0.416 e. The number of carbonyl (C=O) groups excluding carboxylic acids is 1. The maximum absolute atomic E-state index is 13.4. The van der Waals surface area contributed by atoms with Crippen molar-refractivity contribution in [3.63, 3.8) is 0 Å². The number of rotatable bonds is 5. The van der Waals surface area contributed by atoms with Crippen molar-refractivity contribution in [2.75, 3.05) is 0 Å². The van der Waals surface area contributed by atoms with Gasteiger partial charge >= 0.3 is 6.18 Å². The van der Waals surface area contributed by atoms with Gasteiger partial charge in [0.25, 0.3) is 0 Å². The number of amides is 1. The summed E-state index contributed by atoms with van der Waals surface area (Å²) in [5.41, 5.74) is -1.01. The van der Waals surface area contributed by atoms with Crippen LogP contribution in [0.25, 0.3) is 0 Å². The molecule has 2 aromatic carbocycles. The molecule has 2 nitrogen and oxygen atoms in total. The SMILES string of the molecule is O=C(CCc1ccccc1F)NCc1ccc(F)cc1C(F)(F)F. The Morgan fingerprint density at radius 3 is 2.38 bits per heavy atom. The van der Waals surface area contributed by atoms with Crippen LogP contribution in [-0.2, 0) is 23.9 Å². The zero-order valence-electron chi connectivity index (χ0n) is 12.5. The zero-order valence-corrected chi connectivity index (χ0v) is 12.5. The molecule has 24 heavy (non-hydrogen) atoms. The maximum atomic E-state index is 13.4. The number of nitrogens with one attached hydrogen (secondary N) is 1. The highest BCUT2D eigenvalue weighted by molar-refractivity contribution is 5.76. The Labute approximate surface area is 135 Å². The Morgan fingerprint density at radius 1 is 1.00 bits per heavy atom. The summed E-state index contributed by atoms with van der Waals surface area (Å²) < 4.78 is 65.0. The molecule has 0 atom stereocenters. The monoisotopic (exact) mass is 343 g/mol. The zero-order chi connectivity index (χ0) is 17.7. The maximum Gasteiger partial charge on any atom is 0.416 e. The molecule has 0 aliphatic rings. The van der Waals surface area contributed by atoms with E-state index in [1.54, 1.807) is 6.07 Å². The molecule has 0 aliphatic carbocycles. The Morgan fingerprint density at radius 2 is 1.71 bits per heavy atom. The van der Waals surface area contributed by atoms with Crippen molar-refractivity contribution in [1.82, 2.24) is 5.32 Å². The second-order valence-corrected chi connectivity index (χ2v) is 5.17. The lowest BCUT2D eigenvalue weighted by molar-refractivity contribution is -0.138. The van der Waals surface area contributed by atoms with E-state index in [2.05, 4.69) is 5.32 Å². The van der Waals surface area contributed by atoms with Gasteiger partial charge in [-0.2, -0.15) is 13.2 Å². The highest BCUT2D eigenvalue weighted by Gasteiger charge is 2.33. The van der Waals surface area contributed by atoms with E-state index in [4.69, 9.17) is 0 Å². The number of benzene rings is 2. The molecule has 0 aromatic heterocycles. The Kier molecular flexibility index (Phi) is 5.54. The first kappa shape index (κ1) is 17.9. The van der Waals surface area contributed by atoms with Gasteiger partial charge in [0.1, 0.15) is 11.6 Å². The molecule has 0 spiro atoms. The summed E-state index contributed by atoms with van der Waals surface area (Å²) in [5, 5.41) is 2.34. The van der Waals surface area contributed by atoms with Crippen LogP contribution in [0, 0.1) is 11.6 Å². The lowest BCUT2D eigenvalue weighted by Gasteiger charge is -2.13. The van der Waals surface area contributed by atoms with Gasteiger partial charge in [0.2, 0.25) is 5.91 Å². The van der Waals surface area contributed by atoms with Gasteiger partial charge in [0.05, 0.1) is 5.56 Å². The van der Waals surface area contributed by atoms with Crippen LogP contribution in [0.3, 0.4) is 0 Å². The van der Waals surface area contributed by atoms with Gasteiger partial charge in [-0.15, -0.1) is 0 Å². The predicted octanol–water partition coefficient (Wildman–Crippen LogP) is 4.23. The molecule has 0 heterocycles. The van der Waals surface area contributed by atoms with E-state index >= 15 is 0 Å². The quantitative estimate of drug-likeness (QED) is 0.809. The standard InChI is InChI=1S/C17H14F5NO/c18-13-7-5-12(14(9-13)17(20,21)22)10-23-16(24)8-6-11-3-1-2-4-15(11)19/h1-5,7,9H,6,8,10H2,(H,23,24). The average molecular weight is 343 g/mol. The number of aryl methyl sites for hydroxylation is 1. The normalized spacial score (nSPS) is 11.4. The van der Waals surface area contributed by atoms with Crippen molar-refractivity contribution in [3.8, 4) is 0 Å². The molecule has 0 radical (unpaired) electrons. The summed E-state index contributed by atoms with van der Waals surface area (Å²) in [6, 6.07) is 8.22. The first-order valence-electron chi connectivity index (χ1n) is 7.13. The highest BCUT2D eigenvalue weighted by atomic mass is 19.4. The molecule has 2 aromatic rings. The number of hydrogen-bond acceptors (Lipinski definition) is 1. The molecule has 0 saturated carbocycles. The third-order valence-electron chi connectivity index (χ3n) is 3.43. The van der Waals surface area contributed by atoms with Crippen LogP contribution in [0.2, 0.25) is 0 Å². The Bertz CT molecular complexity index is 727. The van der Waals surface area contributed by atoms with Gasteiger partial charge in [-0.1, -0.05) is 24.3 Å². The van der Waals surface area contributed by atoms with Gasteiger partial charge in [-0.3, -0.25) is 4.79 Å². The average Bonchev–Trinajstić information content (AvgIpc) is 2.52. The molecular formula is C17H14F5NO. The van der Waals surface area contributed by atoms with E-state index in [-0.39, 0.29) is 24.9 Å². The molecule has 128 valence electrons. The summed E-state index contributed by atoms with van der Waals surface area (Å²) in [5.74, 6) is -1.96. The van der Waals surface area contributed by atoms with Crippen molar-refractivity contribution >= 4 is 5.91 Å². The van der Waals surface area contributed by atoms with E-state index in [1.165, 1.54) is 18.2 Å². The number of halogens is 5. The summed E-state index contributed by atoms with van der Waals surface area (Å²) in [6.07, 6.45) is -4.65. The van der Waals surface area contributed by atoms with Gasteiger partial charge in [-0.25, -0.2) is 8.78 Å². The van der Waals surface area contributed by atoms with Gasteiger partial charge in [0, 0.05) is 13.0 Å². The van der Waals surface area contributed by atoms with Gasteiger partial charge < -0.3 is 5.32 Å². The smallest absolute Gasteiger partial charge is 0.352 e. The summed E-state index contributed by atoms with van der Waals surface area (Å²) >= 11 is 0. The molecular weight excluding hydrogens is 329 g/mol. The summed E-state index contributed by atoms with van der Waals surface area (Å²) in [6.45, 7) is -0.384. The molecule has 7 heteroatoms. The van der Waals surface area contributed by atoms with Crippen LogP contribution in [-0.4, -0.2) is 5.91 Å². The third-order valence-corrected chi connectivity index (χ3v) is 3.43. The minimum absolute atomic E-state index is 0.0660. The Hall–Kier alpha value is -2.44. The molecule has 0 saturated heterocycles. The minimum atomic E-state index is -4.71. The number of carbonyl (C=O) groups is 1. The first-order valence-corrected chi connectivity index (χ1v) is 7.13. The molecule has 1 amide bonds. The molecule has 0 unspecified atom stereocenters. The van der Waals surface area contributed by atoms with Crippen LogP contribution in [0.5, 0.6) is 0 Å². The van der Waals surface area contributed by atoms with Crippen LogP contribution in [0.4, 0.5) is 22.0 Å². The lowest BCUT2D eigenvalue weighted by atomic mass is 10.1. The number of alkyl halides is 3. The van der Waals surface area contributed by atoms with Gasteiger partial charge in [0.15, 0.2) is 0 Å². The van der Waals surface area contributed by atoms with E-state index in [0.717, 1.165) is 12.1 Å². The van der Waals surface area contributed by atoms with Crippen LogP contribution < -0.4 is 5.32 Å². The first-order chi connectivity index (χ1) is 11.3. The molecule has 0 fully saturated rings. The molecule has 0 bridgehead atoms. The molecule has 2 rings (SSSR count). The third kappa shape index (κ3) is 4.78. The van der Waals surface area contributed by atoms with Crippen molar-refractivity contribution < 1.29 is 26.7 Å². The second kappa shape index (κ2) is 7.42. The summed E-state index contributed by atoms with van der Waals surface area (Å²) in [7, 11) is 0. The van der Waals surface area contributed by atoms with Crippen LogP contribution in [0.15, 0.2) is 42.5 Å². The van der Waals surface area contributed by atoms with Crippen molar-refractivity contribution in [2.45, 2.75) is 25.6 Å². The fourth-order valence-corrected chi connectivity index (χ4v) is 2.20.